The van der Waals surface area contributed by atoms with Gasteiger partial charge in [-0.2, -0.15) is 0 Å². The maximum Gasteiger partial charge on any atom is 0.573 e. The summed E-state index contributed by atoms with van der Waals surface area (Å²) in [5.74, 6) is 0.941. The quantitative estimate of drug-likeness (QED) is 0.483. The van der Waals surface area contributed by atoms with Gasteiger partial charge in [0.15, 0.2) is 0 Å². The number of rotatable bonds is 8. The molecule has 0 unspecified atom stereocenters. The van der Waals surface area contributed by atoms with E-state index in [1.54, 1.807) is 13.0 Å². The first-order valence-electron chi connectivity index (χ1n) is 10.4. The first-order valence-corrected chi connectivity index (χ1v) is 10.4. The number of ether oxygens (including phenoxy) is 2. The van der Waals surface area contributed by atoms with Gasteiger partial charge in [0.25, 0.3) is 0 Å². The van der Waals surface area contributed by atoms with Crippen molar-refractivity contribution in [1.82, 2.24) is 9.97 Å². The van der Waals surface area contributed by atoms with E-state index in [0.717, 1.165) is 17.0 Å². The van der Waals surface area contributed by atoms with Crippen LogP contribution in [0, 0.1) is 18.8 Å². The number of benzene rings is 1. The molecule has 0 bridgehead atoms. The van der Waals surface area contributed by atoms with Crippen LogP contribution in [0.3, 0.4) is 0 Å². The molecule has 0 atom stereocenters. The molecule has 166 valence electrons. The van der Waals surface area contributed by atoms with Gasteiger partial charge in [-0.05, 0) is 55.4 Å². The zero-order chi connectivity index (χ0) is 22.6. The fourth-order valence-electron chi connectivity index (χ4n) is 3.54. The number of hydrogen-bond donors (Lipinski definition) is 0. The molecule has 0 N–H and O–H groups in total. The molecule has 0 fully saturated rings. The fraction of sp³-hybridized carbons (Fsp3) is 0.565. The lowest BCUT2D eigenvalue weighted by molar-refractivity contribution is -0.274. The van der Waals surface area contributed by atoms with E-state index in [2.05, 4.69) is 32.4 Å². The molecule has 0 aliphatic carbocycles. The maximum atomic E-state index is 12.5. The van der Waals surface area contributed by atoms with Crippen LogP contribution >= 0.6 is 0 Å². The fourth-order valence-corrected chi connectivity index (χ4v) is 3.54. The van der Waals surface area contributed by atoms with Crippen molar-refractivity contribution in [3.8, 4) is 22.9 Å². The monoisotopic (exact) mass is 424 g/mol. The van der Waals surface area contributed by atoms with Crippen molar-refractivity contribution in [3.63, 3.8) is 0 Å². The maximum absolute atomic E-state index is 12.5. The smallest absolute Gasteiger partial charge is 0.473 e. The Kier molecular flexibility index (Phi) is 7.72. The highest BCUT2D eigenvalue weighted by atomic mass is 19.4. The van der Waals surface area contributed by atoms with Crippen LogP contribution in [0.5, 0.6) is 11.6 Å². The van der Waals surface area contributed by atoms with Crippen molar-refractivity contribution in [1.29, 1.82) is 0 Å². The van der Waals surface area contributed by atoms with Crippen molar-refractivity contribution in [3.05, 3.63) is 35.2 Å². The Morgan fingerprint density at radius 2 is 1.53 bits per heavy atom. The molecule has 0 saturated carbocycles. The Bertz CT molecular complexity index is 856. The molecule has 1 aromatic carbocycles. The molecular weight excluding hydrogens is 393 g/mol. The molecule has 2 aromatic rings. The Morgan fingerprint density at radius 3 is 2.00 bits per heavy atom. The zero-order valence-corrected chi connectivity index (χ0v) is 18.7. The van der Waals surface area contributed by atoms with Crippen LogP contribution in [0.2, 0.25) is 0 Å². The van der Waals surface area contributed by atoms with E-state index in [4.69, 9.17) is 14.7 Å². The summed E-state index contributed by atoms with van der Waals surface area (Å²) in [5, 5.41) is 0. The number of aromatic nitrogens is 2. The number of halogens is 3. The first kappa shape index (κ1) is 24.0. The second-order valence-corrected chi connectivity index (χ2v) is 8.07. The summed E-state index contributed by atoms with van der Waals surface area (Å²) in [6, 6.07) is 4.28. The lowest BCUT2D eigenvalue weighted by Gasteiger charge is -2.27. The third-order valence-corrected chi connectivity index (χ3v) is 4.92. The van der Waals surface area contributed by atoms with Crippen molar-refractivity contribution >= 4 is 0 Å². The molecule has 4 nitrogen and oxygen atoms in total. The molecular formula is C23H31F3N2O2. The van der Waals surface area contributed by atoms with Crippen LogP contribution in [-0.4, -0.2) is 22.4 Å². The minimum atomic E-state index is -4.72. The van der Waals surface area contributed by atoms with Crippen molar-refractivity contribution < 1.29 is 22.6 Å². The van der Waals surface area contributed by atoms with Gasteiger partial charge in [-0.3, -0.25) is 0 Å². The molecule has 0 aliphatic rings. The van der Waals surface area contributed by atoms with Crippen molar-refractivity contribution in [2.75, 3.05) is 0 Å². The summed E-state index contributed by atoms with van der Waals surface area (Å²) in [4.78, 5) is 9.59. The summed E-state index contributed by atoms with van der Waals surface area (Å²) in [6.07, 6.45) is -3.45. The molecule has 1 aromatic heterocycles. The highest BCUT2D eigenvalue weighted by Gasteiger charge is 2.31. The van der Waals surface area contributed by atoms with Gasteiger partial charge in [0.1, 0.15) is 17.5 Å². The topological polar surface area (TPSA) is 44.2 Å². The summed E-state index contributed by atoms with van der Waals surface area (Å²) >= 11 is 0. The van der Waals surface area contributed by atoms with Crippen molar-refractivity contribution in [2.45, 2.75) is 73.8 Å². The van der Waals surface area contributed by atoms with Crippen LogP contribution in [-0.2, 0) is 12.8 Å². The van der Waals surface area contributed by atoms with Crippen LogP contribution in [0.25, 0.3) is 11.3 Å². The zero-order valence-electron chi connectivity index (χ0n) is 18.7. The number of aryl methyl sites for hydroxylation is 3. The molecule has 0 amide bonds. The number of hydrogen-bond acceptors (Lipinski definition) is 4. The van der Waals surface area contributed by atoms with Crippen molar-refractivity contribution in [2.24, 2.45) is 11.8 Å². The van der Waals surface area contributed by atoms with Crippen LogP contribution in [0.4, 0.5) is 13.2 Å². The minimum absolute atomic E-state index is 0.0145. The highest BCUT2D eigenvalue weighted by molar-refractivity contribution is 5.67. The van der Waals surface area contributed by atoms with E-state index in [1.807, 2.05) is 13.8 Å². The molecule has 0 aliphatic heterocycles. The SMILES string of the molecule is CCc1nc(-c2ccc(OC(F)(F)F)cc2C)c(CC)nc1OC(C(C)C)C(C)C. The normalized spacial score (nSPS) is 12.2. The predicted molar refractivity (Wildman–Crippen MR) is 112 cm³/mol. The van der Waals surface area contributed by atoms with Gasteiger partial charge in [-0.1, -0.05) is 41.5 Å². The van der Waals surface area contributed by atoms with Gasteiger partial charge < -0.3 is 9.47 Å². The second-order valence-electron chi connectivity index (χ2n) is 8.07. The lowest BCUT2D eigenvalue weighted by atomic mass is 9.96. The standard InChI is InChI=1S/C23H31F3N2O2/c1-8-18-20(17-11-10-16(12-15(17)7)30-23(24,25)26)27-19(9-2)22(28-18)29-21(13(3)4)14(5)6/h10-14,21H,8-9H2,1-7H3. The summed E-state index contributed by atoms with van der Waals surface area (Å²) in [6.45, 7) is 14.2. The molecule has 0 spiro atoms. The molecule has 30 heavy (non-hydrogen) atoms. The summed E-state index contributed by atoms with van der Waals surface area (Å²) in [7, 11) is 0. The average molecular weight is 425 g/mol. The second kappa shape index (κ2) is 9.67. The van der Waals surface area contributed by atoms with Crippen LogP contribution < -0.4 is 9.47 Å². The molecule has 1 heterocycles. The van der Waals surface area contributed by atoms with Crippen LogP contribution in [0.15, 0.2) is 18.2 Å². The first-order chi connectivity index (χ1) is 14.0. The van der Waals surface area contributed by atoms with Gasteiger partial charge in [0, 0.05) is 5.56 Å². The van der Waals surface area contributed by atoms with E-state index in [-0.39, 0.29) is 11.9 Å². The van der Waals surface area contributed by atoms with Crippen LogP contribution in [0.1, 0.15) is 58.5 Å². The Balaban J connectivity index is 2.49. The molecule has 0 radical (unpaired) electrons. The van der Waals surface area contributed by atoms with Gasteiger partial charge >= 0.3 is 6.36 Å². The third kappa shape index (κ3) is 5.86. The van der Waals surface area contributed by atoms with Gasteiger partial charge in [-0.15, -0.1) is 13.2 Å². The van der Waals surface area contributed by atoms with E-state index < -0.39 is 6.36 Å². The van der Waals surface area contributed by atoms with Gasteiger partial charge in [0.05, 0.1) is 11.4 Å². The molecule has 7 heteroatoms. The largest absolute Gasteiger partial charge is 0.573 e. The third-order valence-electron chi connectivity index (χ3n) is 4.92. The minimum Gasteiger partial charge on any atom is -0.473 e. The molecule has 2 rings (SSSR count). The predicted octanol–water partition coefficient (Wildman–Crippen LogP) is 6.53. The van der Waals surface area contributed by atoms with E-state index in [9.17, 15) is 13.2 Å². The Morgan fingerprint density at radius 1 is 0.933 bits per heavy atom. The average Bonchev–Trinajstić information content (AvgIpc) is 2.63. The van der Waals surface area contributed by atoms with Gasteiger partial charge in [-0.25, -0.2) is 9.97 Å². The van der Waals surface area contributed by atoms with Gasteiger partial charge in [0.2, 0.25) is 5.88 Å². The Labute approximate surface area is 176 Å². The van der Waals surface area contributed by atoms with E-state index in [0.29, 0.717) is 41.8 Å². The number of alkyl halides is 3. The summed E-state index contributed by atoms with van der Waals surface area (Å²) in [5.41, 5.74) is 3.53. The Hall–Kier alpha value is -2.31. The lowest BCUT2D eigenvalue weighted by Crippen LogP contribution is -2.30. The van der Waals surface area contributed by atoms with E-state index >= 15 is 0 Å². The van der Waals surface area contributed by atoms with E-state index in [1.165, 1.54) is 12.1 Å². The summed E-state index contributed by atoms with van der Waals surface area (Å²) < 4.78 is 47.9. The number of nitrogens with zero attached hydrogens (tertiary/aromatic N) is 2. The highest BCUT2D eigenvalue weighted by Crippen LogP contribution is 2.33. The molecule has 0 saturated heterocycles.